The van der Waals surface area contributed by atoms with E-state index in [2.05, 4.69) is 10.3 Å². The second-order valence-electron chi connectivity index (χ2n) is 3.53. The number of anilines is 1. The van der Waals surface area contributed by atoms with E-state index in [4.69, 9.17) is 10.2 Å². The van der Waals surface area contributed by atoms with Crippen molar-refractivity contribution in [2.45, 2.75) is 0 Å². The van der Waals surface area contributed by atoms with E-state index in [1.807, 2.05) is 12.1 Å². The molecule has 0 bridgehead atoms. The van der Waals surface area contributed by atoms with Crippen LogP contribution in [0.5, 0.6) is 0 Å². The van der Waals surface area contributed by atoms with Crippen LogP contribution < -0.4 is 5.32 Å². The van der Waals surface area contributed by atoms with Gasteiger partial charge in [-0.05, 0) is 12.1 Å². The Morgan fingerprint density at radius 1 is 1.35 bits per heavy atom. The Kier molecular flexibility index (Phi) is 3.20. The molecular weight excluding hydrogens is 220 g/mol. The van der Waals surface area contributed by atoms with Gasteiger partial charge in [0.1, 0.15) is 0 Å². The van der Waals surface area contributed by atoms with Crippen LogP contribution in [-0.4, -0.2) is 34.3 Å². The van der Waals surface area contributed by atoms with Crippen LogP contribution in [0.3, 0.4) is 0 Å². The van der Waals surface area contributed by atoms with Crippen molar-refractivity contribution in [1.29, 1.82) is 0 Å². The van der Waals surface area contributed by atoms with Crippen LogP contribution in [0.2, 0.25) is 0 Å². The lowest BCUT2D eigenvalue weighted by atomic mass is 10.1. The molecule has 3 N–H and O–H groups in total. The quantitative estimate of drug-likeness (QED) is 0.741. The van der Waals surface area contributed by atoms with Crippen molar-refractivity contribution >= 4 is 22.6 Å². The molecule has 5 nitrogen and oxygen atoms in total. The first-order valence-corrected chi connectivity index (χ1v) is 5.20. The number of hydrogen-bond acceptors (Lipinski definition) is 4. The first kappa shape index (κ1) is 11.3. The number of fused-ring (bicyclic) bond motifs is 1. The predicted molar refractivity (Wildman–Crippen MR) is 64.3 cm³/mol. The highest BCUT2D eigenvalue weighted by molar-refractivity contribution is 5.97. The molecule has 0 saturated carbocycles. The minimum absolute atomic E-state index is 0.0101. The summed E-state index contributed by atoms with van der Waals surface area (Å²) in [5.74, 6) is -1.07. The Hall–Kier alpha value is -2.14. The van der Waals surface area contributed by atoms with E-state index < -0.39 is 5.97 Å². The zero-order valence-corrected chi connectivity index (χ0v) is 9.05. The topological polar surface area (TPSA) is 82.5 Å². The second kappa shape index (κ2) is 4.80. The molecule has 1 heterocycles. The fourth-order valence-corrected chi connectivity index (χ4v) is 1.62. The number of para-hydroxylation sites is 1. The fraction of sp³-hybridized carbons (Fsp3) is 0.167. The number of benzene rings is 1. The van der Waals surface area contributed by atoms with E-state index in [0.29, 0.717) is 17.7 Å². The largest absolute Gasteiger partial charge is 0.477 e. The SMILES string of the molecule is O=C(O)c1cc(NCCO)c2ccccc2n1. The number of aliphatic hydroxyl groups is 1. The van der Waals surface area contributed by atoms with E-state index in [1.165, 1.54) is 6.07 Å². The molecule has 0 radical (unpaired) electrons. The van der Waals surface area contributed by atoms with Gasteiger partial charge in [-0.1, -0.05) is 18.2 Å². The highest BCUT2D eigenvalue weighted by Crippen LogP contribution is 2.22. The summed E-state index contributed by atoms with van der Waals surface area (Å²) in [6.07, 6.45) is 0. The summed E-state index contributed by atoms with van der Waals surface area (Å²) in [6, 6.07) is 8.74. The summed E-state index contributed by atoms with van der Waals surface area (Å²) in [4.78, 5) is 15.0. The van der Waals surface area contributed by atoms with Crippen molar-refractivity contribution < 1.29 is 15.0 Å². The van der Waals surface area contributed by atoms with Gasteiger partial charge in [0, 0.05) is 17.6 Å². The fourth-order valence-electron chi connectivity index (χ4n) is 1.62. The standard InChI is InChI=1S/C12H12N2O3/c15-6-5-13-10-7-11(12(16)17)14-9-4-2-1-3-8(9)10/h1-4,7,15H,5-6H2,(H,13,14)(H,16,17). The maximum Gasteiger partial charge on any atom is 0.354 e. The van der Waals surface area contributed by atoms with Gasteiger partial charge in [-0.2, -0.15) is 0 Å². The maximum atomic E-state index is 10.9. The van der Waals surface area contributed by atoms with Gasteiger partial charge in [0.2, 0.25) is 0 Å². The monoisotopic (exact) mass is 232 g/mol. The van der Waals surface area contributed by atoms with Crippen LogP contribution in [0.1, 0.15) is 10.5 Å². The second-order valence-corrected chi connectivity index (χ2v) is 3.53. The Balaban J connectivity index is 2.56. The highest BCUT2D eigenvalue weighted by Gasteiger charge is 2.09. The Morgan fingerprint density at radius 3 is 2.82 bits per heavy atom. The van der Waals surface area contributed by atoms with Crippen molar-refractivity contribution in [3.05, 3.63) is 36.0 Å². The zero-order chi connectivity index (χ0) is 12.3. The van der Waals surface area contributed by atoms with E-state index in [1.54, 1.807) is 12.1 Å². The van der Waals surface area contributed by atoms with Crippen LogP contribution >= 0.6 is 0 Å². The third-order valence-corrected chi connectivity index (χ3v) is 2.36. The van der Waals surface area contributed by atoms with Crippen LogP contribution in [0.4, 0.5) is 5.69 Å². The molecule has 17 heavy (non-hydrogen) atoms. The van der Waals surface area contributed by atoms with Gasteiger partial charge in [-0.25, -0.2) is 9.78 Å². The number of nitrogens with one attached hydrogen (secondary N) is 1. The van der Waals surface area contributed by atoms with Gasteiger partial charge in [0.15, 0.2) is 5.69 Å². The first-order chi connectivity index (χ1) is 8.22. The van der Waals surface area contributed by atoms with Crippen molar-refractivity contribution in [1.82, 2.24) is 4.98 Å². The summed E-state index contributed by atoms with van der Waals surface area (Å²) in [7, 11) is 0. The number of nitrogens with zero attached hydrogens (tertiary/aromatic N) is 1. The number of carboxylic acid groups (broad SMARTS) is 1. The molecule has 2 aromatic rings. The average molecular weight is 232 g/mol. The molecule has 0 saturated heterocycles. The summed E-state index contributed by atoms with van der Waals surface area (Å²) < 4.78 is 0. The van der Waals surface area contributed by atoms with Gasteiger partial charge in [0.25, 0.3) is 0 Å². The number of aromatic nitrogens is 1. The summed E-state index contributed by atoms with van der Waals surface area (Å²) >= 11 is 0. The zero-order valence-electron chi connectivity index (χ0n) is 9.05. The smallest absolute Gasteiger partial charge is 0.354 e. The third kappa shape index (κ3) is 2.34. The molecule has 0 amide bonds. The molecule has 0 aliphatic carbocycles. The van der Waals surface area contributed by atoms with Crippen LogP contribution in [0, 0.1) is 0 Å². The van der Waals surface area contributed by atoms with Gasteiger partial charge >= 0.3 is 5.97 Å². The Labute approximate surface area is 97.7 Å². The molecule has 1 aromatic heterocycles. The molecular formula is C12H12N2O3. The number of pyridine rings is 1. The van der Waals surface area contributed by atoms with E-state index in [0.717, 1.165) is 5.39 Å². The van der Waals surface area contributed by atoms with Crippen LogP contribution in [-0.2, 0) is 0 Å². The van der Waals surface area contributed by atoms with Crippen LogP contribution in [0.15, 0.2) is 30.3 Å². The molecule has 0 unspecified atom stereocenters. The Bertz CT molecular complexity index is 554. The molecule has 0 spiro atoms. The van der Waals surface area contributed by atoms with Gasteiger partial charge in [-0.3, -0.25) is 0 Å². The van der Waals surface area contributed by atoms with Crippen molar-refractivity contribution in [2.24, 2.45) is 0 Å². The number of rotatable bonds is 4. The lowest BCUT2D eigenvalue weighted by Gasteiger charge is -2.09. The molecule has 5 heteroatoms. The third-order valence-electron chi connectivity index (χ3n) is 2.36. The molecule has 1 aromatic carbocycles. The minimum atomic E-state index is -1.07. The normalized spacial score (nSPS) is 10.4. The van der Waals surface area contributed by atoms with Gasteiger partial charge < -0.3 is 15.5 Å². The number of carboxylic acids is 1. The minimum Gasteiger partial charge on any atom is -0.477 e. The number of aliphatic hydroxyl groups excluding tert-OH is 1. The molecule has 0 atom stereocenters. The molecule has 0 aliphatic rings. The highest BCUT2D eigenvalue weighted by atomic mass is 16.4. The van der Waals surface area contributed by atoms with Gasteiger partial charge in [-0.15, -0.1) is 0 Å². The average Bonchev–Trinajstić information content (AvgIpc) is 2.35. The van der Waals surface area contributed by atoms with Crippen molar-refractivity contribution in [3.63, 3.8) is 0 Å². The molecule has 88 valence electrons. The van der Waals surface area contributed by atoms with E-state index >= 15 is 0 Å². The summed E-state index contributed by atoms with van der Waals surface area (Å²) in [6.45, 7) is 0.353. The number of carbonyl (C=O) groups is 1. The van der Waals surface area contributed by atoms with Gasteiger partial charge in [0.05, 0.1) is 12.1 Å². The van der Waals surface area contributed by atoms with Crippen molar-refractivity contribution in [3.8, 4) is 0 Å². The predicted octanol–water partition coefficient (Wildman–Crippen LogP) is 1.34. The number of hydrogen-bond donors (Lipinski definition) is 3. The first-order valence-electron chi connectivity index (χ1n) is 5.20. The van der Waals surface area contributed by atoms with E-state index in [-0.39, 0.29) is 12.3 Å². The number of aromatic carboxylic acids is 1. The summed E-state index contributed by atoms with van der Waals surface area (Å²) in [5, 5.41) is 21.6. The molecule has 0 fully saturated rings. The molecule has 0 aliphatic heterocycles. The van der Waals surface area contributed by atoms with Crippen molar-refractivity contribution in [2.75, 3.05) is 18.5 Å². The summed E-state index contributed by atoms with van der Waals surface area (Å²) in [5.41, 5.74) is 1.28. The van der Waals surface area contributed by atoms with Crippen LogP contribution in [0.25, 0.3) is 10.9 Å². The lowest BCUT2D eigenvalue weighted by Crippen LogP contribution is -2.08. The lowest BCUT2D eigenvalue weighted by molar-refractivity contribution is 0.0691. The van der Waals surface area contributed by atoms with E-state index in [9.17, 15) is 4.79 Å². The maximum absolute atomic E-state index is 10.9. The molecule has 2 rings (SSSR count). The Morgan fingerprint density at radius 2 is 2.12 bits per heavy atom.